The van der Waals surface area contributed by atoms with Crippen LogP contribution in [0.15, 0.2) is 30.3 Å². The Bertz CT molecular complexity index is 920. The van der Waals surface area contributed by atoms with Crippen molar-refractivity contribution in [1.29, 1.82) is 0 Å². The molecule has 0 unspecified atom stereocenters. The number of carbonyl (C=O) groups is 3. The molecule has 0 bridgehead atoms. The highest BCUT2D eigenvalue weighted by Crippen LogP contribution is 2.29. The molecule has 2 aromatic rings. The van der Waals surface area contributed by atoms with Crippen LogP contribution < -0.4 is 15.4 Å². The number of nitrogens with one attached hydrogen (secondary N) is 2. The Kier molecular flexibility index (Phi) is 7.61. The maximum atomic E-state index is 11.6. The predicted octanol–water partition coefficient (Wildman–Crippen LogP) is 4.30. The van der Waals surface area contributed by atoms with E-state index in [1.807, 2.05) is 13.8 Å². The Labute approximate surface area is 174 Å². The highest BCUT2D eigenvalue weighted by atomic mass is 35.5. The third-order valence-electron chi connectivity index (χ3n) is 4.00. The monoisotopic (exact) mass is 418 g/mol. The van der Waals surface area contributed by atoms with Crippen LogP contribution in [0.25, 0.3) is 0 Å². The summed E-state index contributed by atoms with van der Waals surface area (Å²) >= 11 is 6.14. The Hall–Kier alpha value is -3.06. The number of benzene rings is 2. The zero-order valence-corrected chi connectivity index (χ0v) is 17.2. The molecule has 3 N–H and O–H groups in total. The summed E-state index contributed by atoms with van der Waals surface area (Å²) in [6, 6.07) is 8.66. The van der Waals surface area contributed by atoms with Gasteiger partial charge in [0.15, 0.2) is 0 Å². The van der Waals surface area contributed by atoms with Gasteiger partial charge in [0.1, 0.15) is 18.8 Å². The number of carbonyl (C=O) groups excluding carboxylic acids is 2. The number of aliphatic carboxylic acids is 1. The zero-order chi connectivity index (χ0) is 21.6. The van der Waals surface area contributed by atoms with Gasteiger partial charge in [-0.15, -0.1) is 0 Å². The van der Waals surface area contributed by atoms with E-state index >= 15 is 0 Å². The second kappa shape index (κ2) is 9.93. The van der Waals surface area contributed by atoms with Crippen molar-refractivity contribution in [2.24, 2.45) is 0 Å². The second-order valence-electron chi connectivity index (χ2n) is 6.60. The molecule has 8 heteroatoms. The normalized spacial score (nSPS) is 10.3. The molecule has 0 aromatic heterocycles. The van der Waals surface area contributed by atoms with Crippen molar-refractivity contribution in [2.45, 2.75) is 40.2 Å². The van der Waals surface area contributed by atoms with Crippen LogP contribution in [0.1, 0.15) is 36.5 Å². The molecule has 0 fully saturated rings. The number of hydrogen-bond donors (Lipinski definition) is 3. The number of carboxylic acids is 1. The minimum absolute atomic E-state index is 0.105. The lowest BCUT2D eigenvalue weighted by molar-refractivity contribution is -0.139. The summed E-state index contributed by atoms with van der Waals surface area (Å²) in [5, 5.41) is 14.5. The van der Waals surface area contributed by atoms with Gasteiger partial charge in [0.05, 0.1) is 0 Å². The van der Waals surface area contributed by atoms with Crippen molar-refractivity contribution in [3.63, 3.8) is 0 Å². The second-order valence-corrected chi connectivity index (χ2v) is 7.03. The fourth-order valence-electron chi connectivity index (χ4n) is 2.80. The maximum absolute atomic E-state index is 11.6. The fraction of sp³-hybridized carbons (Fsp3) is 0.286. The molecule has 29 heavy (non-hydrogen) atoms. The molecular weight excluding hydrogens is 396 g/mol. The minimum atomic E-state index is -1.19. The van der Waals surface area contributed by atoms with Gasteiger partial charge in [0.2, 0.25) is 11.8 Å². The summed E-state index contributed by atoms with van der Waals surface area (Å²) in [5.74, 6) is -1.23. The van der Waals surface area contributed by atoms with E-state index in [-0.39, 0.29) is 12.5 Å². The first kappa shape index (κ1) is 22.2. The molecule has 7 nitrogen and oxygen atoms in total. The summed E-state index contributed by atoms with van der Waals surface area (Å²) < 4.78 is 5.94. The fourth-order valence-corrected chi connectivity index (χ4v) is 3.06. The quantitative estimate of drug-likeness (QED) is 0.554. The number of aryl methyl sites for hydroxylation is 2. The average molecular weight is 419 g/mol. The van der Waals surface area contributed by atoms with Crippen molar-refractivity contribution < 1.29 is 24.2 Å². The van der Waals surface area contributed by atoms with Crippen LogP contribution in [0, 0.1) is 13.8 Å². The third kappa shape index (κ3) is 6.80. The molecule has 0 spiro atoms. The van der Waals surface area contributed by atoms with E-state index in [0.29, 0.717) is 28.6 Å². The van der Waals surface area contributed by atoms with E-state index in [1.54, 1.807) is 37.3 Å². The van der Waals surface area contributed by atoms with Crippen LogP contribution >= 0.6 is 11.6 Å². The number of anilines is 2. The van der Waals surface area contributed by atoms with Crippen molar-refractivity contribution in [1.82, 2.24) is 0 Å². The first-order valence-corrected chi connectivity index (χ1v) is 9.40. The SMILES string of the molecule is CCC(=O)Nc1cc(Cl)cc(COc2c(C)cc(NC(=O)CC(=O)O)cc2C)c1. The Morgan fingerprint density at radius 2 is 1.55 bits per heavy atom. The predicted molar refractivity (Wildman–Crippen MR) is 112 cm³/mol. The number of carboxylic acid groups (broad SMARTS) is 1. The van der Waals surface area contributed by atoms with Gasteiger partial charge in [-0.25, -0.2) is 0 Å². The number of halogens is 1. The van der Waals surface area contributed by atoms with Gasteiger partial charge < -0.3 is 20.5 Å². The van der Waals surface area contributed by atoms with E-state index in [4.69, 9.17) is 21.4 Å². The van der Waals surface area contributed by atoms with Gasteiger partial charge in [-0.1, -0.05) is 18.5 Å². The molecule has 0 aliphatic heterocycles. The molecule has 2 aromatic carbocycles. The lowest BCUT2D eigenvalue weighted by Crippen LogP contribution is -2.16. The van der Waals surface area contributed by atoms with E-state index in [2.05, 4.69) is 10.6 Å². The zero-order valence-electron chi connectivity index (χ0n) is 16.5. The van der Waals surface area contributed by atoms with Gasteiger partial charge in [-0.2, -0.15) is 0 Å². The summed E-state index contributed by atoms with van der Waals surface area (Å²) in [4.78, 5) is 33.8. The molecule has 2 amide bonds. The van der Waals surface area contributed by atoms with Crippen molar-refractivity contribution in [3.8, 4) is 5.75 Å². The topological polar surface area (TPSA) is 105 Å². The van der Waals surface area contributed by atoms with Crippen LogP contribution in [0.3, 0.4) is 0 Å². The summed E-state index contributed by atoms with van der Waals surface area (Å²) in [6.07, 6.45) is -0.228. The van der Waals surface area contributed by atoms with Crippen molar-refractivity contribution in [3.05, 3.63) is 52.0 Å². The molecular formula is C21H23ClN2O5. The van der Waals surface area contributed by atoms with Gasteiger partial charge in [-0.3, -0.25) is 14.4 Å². The first-order valence-electron chi connectivity index (χ1n) is 9.03. The smallest absolute Gasteiger partial charge is 0.312 e. The van der Waals surface area contributed by atoms with Gasteiger partial charge >= 0.3 is 5.97 Å². The van der Waals surface area contributed by atoms with E-state index in [9.17, 15) is 14.4 Å². The lowest BCUT2D eigenvalue weighted by atomic mass is 10.1. The maximum Gasteiger partial charge on any atom is 0.312 e. The van der Waals surface area contributed by atoms with Crippen molar-refractivity contribution in [2.75, 3.05) is 10.6 Å². The molecule has 2 rings (SSSR count). The van der Waals surface area contributed by atoms with E-state index < -0.39 is 18.3 Å². The molecule has 154 valence electrons. The number of hydrogen-bond acceptors (Lipinski definition) is 4. The Balaban J connectivity index is 2.12. The largest absolute Gasteiger partial charge is 0.488 e. The van der Waals surface area contributed by atoms with Crippen molar-refractivity contribution >= 4 is 40.8 Å². The van der Waals surface area contributed by atoms with E-state index in [1.165, 1.54) is 0 Å². The average Bonchev–Trinajstić information content (AvgIpc) is 2.59. The van der Waals surface area contributed by atoms with Crippen LogP contribution in [0.5, 0.6) is 5.75 Å². The Morgan fingerprint density at radius 1 is 0.966 bits per heavy atom. The van der Waals surface area contributed by atoms with Gasteiger partial charge in [-0.05, 0) is 60.9 Å². The van der Waals surface area contributed by atoms with Crippen LogP contribution in [0.2, 0.25) is 5.02 Å². The van der Waals surface area contributed by atoms with Crippen LogP contribution in [0.4, 0.5) is 11.4 Å². The highest BCUT2D eigenvalue weighted by Gasteiger charge is 2.12. The lowest BCUT2D eigenvalue weighted by Gasteiger charge is -2.15. The molecule has 0 radical (unpaired) electrons. The number of amides is 2. The summed E-state index contributed by atoms with van der Waals surface area (Å²) in [6.45, 7) is 5.67. The molecule has 0 aliphatic carbocycles. The van der Waals surface area contributed by atoms with Crippen LogP contribution in [-0.2, 0) is 21.0 Å². The third-order valence-corrected chi connectivity index (χ3v) is 4.22. The summed E-state index contributed by atoms with van der Waals surface area (Å²) in [5.41, 5.74) is 3.48. The van der Waals surface area contributed by atoms with E-state index in [0.717, 1.165) is 16.7 Å². The molecule has 0 atom stereocenters. The highest BCUT2D eigenvalue weighted by molar-refractivity contribution is 6.31. The molecule has 0 heterocycles. The number of rotatable bonds is 8. The molecule has 0 saturated heterocycles. The standard InChI is InChI=1S/C21H23ClN2O5/c1-4-18(25)23-17-8-14(7-15(22)9-17)11-29-21-12(2)5-16(6-13(21)3)24-19(26)10-20(27)28/h5-9H,4,10-11H2,1-3H3,(H,23,25)(H,24,26)(H,27,28). The van der Waals surface area contributed by atoms with Crippen LogP contribution in [-0.4, -0.2) is 22.9 Å². The molecule has 0 aliphatic rings. The van der Waals surface area contributed by atoms with Gasteiger partial charge in [0.25, 0.3) is 0 Å². The van der Waals surface area contributed by atoms with Gasteiger partial charge in [0, 0.05) is 22.8 Å². The summed E-state index contributed by atoms with van der Waals surface area (Å²) in [7, 11) is 0. The number of ether oxygens (including phenoxy) is 1. The first-order chi connectivity index (χ1) is 13.7. The Morgan fingerprint density at radius 3 is 2.14 bits per heavy atom. The molecule has 0 saturated carbocycles. The minimum Gasteiger partial charge on any atom is -0.488 e.